The van der Waals surface area contributed by atoms with Crippen LogP contribution in [0.1, 0.15) is 11.1 Å². The molecule has 0 saturated carbocycles. The summed E-state index contributed by atoms with van der Waals surface area (Å²) in [7, 11) is -2.34. The molecule has 10 nitrogen and oxygen atoms in total. The Bertz CT molecular complexity index is 1080. The van der Waals surface area contributed by atoms with E-state index in [9.17, 15) is 17.7 Å². The van der Waals surface area contributed by atoms with Gasteiger partial charge in [0.25, 0.3) is 21.3 Å². The largest absolute Gasteiger partial charge is 0.491 e. The Balaban J connectivity index is 1.67. The molecule has 0 spiro atoms. The number of hydrazine groups is 2. The second-order valence-electron chi connectivity index (χ2n) is 7.06. The first-order chi connectivity index (χ1) is 14.5. The van der Waals surface area contributed by atoms with Crippen LogP contribution in [-0.4, -0.2) is 58.7 Å². The maximum Gasteiger partial charge on any atom is 0.259 e. The minimum Gasteiger partial charge on any atom is -0.491 e. The van der Waals surface area contributed by atoms with Crippen LogP contribution in [-0.2, 0) is 27.8 Å². The number of fused-ring (bicyclic) bond motifs is 1. The van der Waals surface area contributed by atoms with Crippen LogP contribution in [0.2, 0.25) is 5.02 Å². The van der Waals surface area contributed by atoms with Crippen molar-refractivity contribution in [3.63, 3.8) is 0 Å². The zero-order valence-electron chi connectivity index (χ0n) is 16.8. The summed E-state index contributed by atoms with van der Waals surface area (Å²) in [5.41, 5.74) is 1.46. The number of nitrogens with zero attached hydrogens (tertiary/aromatic N) is 2. The minimum atomic E-state index is -3.96. The lowest BCUT2D eigenvalue weighted by atomic mass is 10.2. The molecule has 1 heterocycles. The average Bonchev–Trinajstić information content (AvgIpc) is 2.66. The predicted molar refractivity (Wildman–Crippen MR) is 117 cm³/mol. The van der Waals surface area contributed by atoms with Gasteiger partial charge in [0.1, 0.15) is 18.5 Å². The molecule has 0 fully saturated rings. The van der Waals surface area contributed by atoms with Gasteiger partial charge in [0.2, 0.25) is 0 Å². The zero-order valence-corrected chi connectivity index (χ0v) is 19.2. The third kappa shape index (κ3) is 6.14. The van der Waals surface area contributed by atoms with Crippen molar-refractivity contribution in [3.8, 4) is 5.75 Å². The molecule has 170 valence electrons. The Hall–Kier alpha value is -1.77. The summed E-state index contributed by atoms with van der Waals surface area (Å²) in [6.07, 6.45) is -0.883. The number of hydrogen-bond donors (Lipinski definition) is 4. The Morgan fingerprint density at radius 3 is 2.81 bits per heavy atom. The van der Waals surface area contributed by atoms with Crippen molar-refractivity contribution in [1.82, 2.24) is 15.0 Å². The summed E-state index contributed by atoms with van der Waals surface area (Å²) >= 11 is 3.71. The third-order valence-corrected chi connectivity index (χ3v) is 6.62. The highest BCUT2D eigenvalue weighted by Crippen LogP contribution is 2.32. The highest BCUT2D eigenvalue weighted by Gasteiger charge is 2.32. The predicted octanol–water partition coefficient (Wildman–Crippen LogP) is 1.49. The Kier molecular flexibility index (Phi) is 7.55. The van der Waals surface area contributed by atoms with Crippen LogP contribution in [0, 0.1) is 6.92 Å². The van der Waals surface area contributed by atoms with E-state index in [0.29, 0.717) is 11.3 Å². The molecule has 31 heavy (non-hydrogen) atoms. The zero-order chi connectivity index (χ0) is 22.8. The Morgan fingerprint density at radius 2 is 2.13 bits per heavy atom. The fourth-order valence-electron chi connectivity index (χ4n) is 3.07. The number of rotatable bonds is 8. The molecular formula is C18H23ClN4O6S2. The first-order valence-corrected chi connectivity index (χ1v) is 12.1. The molecule has 0 radical (unpaired) electrons. The van der Waals surface area contributed by atoms with Gasteiger partial charge in [-0.05, 0) is 42.3 Å². The number of nitrogens with one attached hydrogen (secondary N) is 2. The van der Waals surface area contributed by atoms with Gasteiger partial charge in [-0.1, -0.05) is 23.7 Å². The summed E-state index contributed by atoms with van der Waals surface area (Å²) in [6.45, 7) is 2.20. The van der Waals surface area contributed by atoms with Gasteiger partial charge in [0.15, 0.2) is 0 Å². The van der Waals surface area contributed by atoms with Crippen molar-refractivity contribution in [2.45, 2.75) is 24.5 Å². The maximum atomic E-state index is 12.7. The van der Waals surface area contributed by atoms with Gasteiger partial charge in [0.05, 0.1) is 22.2 Å². The number of aliphatic hydroxyl groups is 1. The number of benzene rings is 2. The number of hydrogen-bond acceptors (Lipinski definition) is 7. The molecule has 0 amide bonds. The molecule has 2 aromatic carbocycles. The monoisotopic (exact) mass is 490 g/mol. The van der Waals surface area contributed by atoms with E-state index in [0.717, 1.165) is 5.56 Å². The number of anilines is 1. The van der Waals surface area contributed by atoms with Crippen LogP contribution in [0.25, 0.3) is 0 Å². The second-order valence-corrected chi connectivity index (χ2v) is 9.80. The lowest BCUT2D eigenvalue weighted by Crippen LogP contribution is -2.55. The average molecular weight is 491 g/mol. The standard InChI is InChI=1S/C18H23ClN4O6S2/c1-12-4-3-5-15(6-12)29-11-14(24)10-22(2)23-9-13-7-16(19)17(20-30(25)26)8-18(13)31(27,28)21-23/h3-8,14,20-21,24H,9-11H2,1-2H3,(H,25,26). The van der Waals surface area contributed by atoms with Gasteiger partial charge < -0.3 is 9.84 Å². The summed E-state index contributed by atoms with van der Waals surface area (Å²) in [5.74, 6) is 0.636. The van der Waals surface area contributed by atoms with Crippen molar-refractivity contribution >= 4 is 38.6 Å². The van der Waals surface area contributed by atoms with Gasteiger partial charge in [-0.25, -0.2) is 17.6 Å². The van der Waals surface area contributed by atoms with E-state index in [4.69, 9.17) is 20.9 Å². The van der Waals surface area contributed by atoms with E-state index in [1.54, 1.807) is 13.1 Å². The fourth-order valence-corrected chi connectivity index (χ4v) is 5.03. The van der Waals surface area contributed by atoms with Crippen molar-refractivity contribution in [2.75, 3.05) is 24.9 Å². The Morgan fingerprint density at radius 1 is 1.39 bits per heavy atom. The van der Waals surface area contributed by atoms with Crippen molar-refractivity contribution in [2.24, 2.45) is 0 Å². The van der Waals surface area contributed by atoms with E-state index in [-0.39, 0.29) is 35.3 Å². The van der Waals surface area contributed by atoms with E-state index in [2.05, 4.69) is 9.55 Å². The molecule has 1 aliphatic heterocycles. The number of aliphatic hydroxyl groups excluding tert-OH is 1. The topological polar surface area (TPSA) is 131 Å². The lowest BCUT2D eigenvalue weighted by molar-refractivity contribution is -0.0669. The van der Waals surface area contributed by atoms with Crippen LogP contribution in [0.4, 0.5) is 5.69 Å². The molecule has 13 heteroatoms. The molecule has 0 bridgehead atoms. The summed E-state index contributed by atoms with van der Waals surface area (Å²) in [6, 6.07) is 10.1. The lowest BCUT2D eigenvalue weighted by Gasteiger charge is -2.36. The second kappa shape index (κ2) is 9.79. The maximum absolute atomic E-state index is 12.7. The number of halogens is 1. The number of aryl methyl sites for hydroxylation is 1. The first kappa shape index (κ1) is 23.9. The molecule has 4 N–H and O–H groups in total. The van der Waals surface area contributed by atoms with Gasteiger partial charge in [0, 0.05) is 13.6 Å². The molecule has 2 unspecified atom stereocenters. The van der Waals surface area contributed by atoms with Crippen molar-refractivity contribution < 1.29 is 27.0 Å². The van der Waals surface area contributed by atoms with Crippen LogP contribution >= 0.6 is 11.6 Å². The smallest absolute Gasteiger partial charge is 0.259 e. The van der Waals surface area contributed by atoms with Gasteiger partial charge in [-0.3, -0.25) is 9.27 Å². The van der Waals surface area contributed by atoms with Gasteiger partial charge >= 0.3 is 0 Å². The fraction of sp³-hybridized carbons (Fsp3) is 0.333. The molecule has 2 atom stereocenters. The van der Waals surface area contributed by atoms with Crippen LogP contribution in [0.5, 0.6) is 5.75 Å². The van der Waals surface area contributed by atoms with Crippen LogP contribution in [0.3, 0.4) is 0 Å². The Labute approximate surface area is 188 Å². The number of sulfonamides is 1. The van der Waals surface area contributed by atoms with E-state index < -0.39 is 27.4 Å². The third-order valence-electron chi connectivity index (χ3n) is 4.50. The molecule has 0 aliphatic carbocycles. The first-order valence-electron chi connectivity index (χ1n) is 9.13. The van der Waals surface area contributed by atoms with Crippen molar-refractivity contribution in [3.05, 3.63) is 52.5 Å². The molecule has 0 saturated heterocycles. The minimum absolute atomic E-state index is 0.0251. The van der Waals surface area contributed by atoms with E-state index in [1.807, 2.05) is 25.1 Å². The number of likely N-dealkylation sites (N-methyl/N-ethyl adjacent to an activating group) is 1. The highest BCUT2D eigenvalue weighted by molar-refractivity contribution is 7.89. The van der Waals surface area contributed by atoms with Crippen LogP contribution in [0.15, 0.2) is 41.3 Å². The van der Waals surface area contributed by atoms with E-state index in [1.165, 1.54) is 22.3 Å². The normalized spacial score (nSPS) is 17.7. The molecule has 0 aromatic heterocycles. The van der Waals surface area contributed by atoms with Gasteiger partial charge in [-0.15, -0.1) is 4.83 Å². The number of ether oxygens (including phenoxy) is 1. The summed E-state index contributed by atoms with van der Waals surface area (Å²) < 4.78 is 53.1. The van der Waals surface area contributed by atoms with Gasteiger partial charge in [-0.2, -0.15) is 5.12 Å². The highest BCUT2D eigenvalue weighted by atomic mass is 35.5. The molecular weight excluding hydrogens is 468 g/mol. The van der Waals surface area contributed by atoms with Crippen molar-refractivity contribution in [1.29, 1.82) is 0 Å². The SMILES string of the molecule is Cc1cccc(OCC(O)CN(C)N2Cc3cc(Cl)c(NS(=O)O)cc3S(=O)(=O)N2)c1. The molecule has 3 rings (SSSR count). The van der Waals surface area contributed by atoms with Crippen LogP contribution < -0.4 is 14.3 Å². The summed E-state index contributed by atoms with van der Waals surface area (Å²) in [4.78, 5) is 2.35. The molecule has 2 aromatic rings. The van der Waals surface area contributed by atoms with E-state index >= 15 is 0 Å². The molecule has 1 aliphatic rings. The quantitative estimate of drug-likeness (QED) is 0.409. The summed E-state index contributed by atoms with van der Waals surface area (Å²) in [5, 5.41) is 13.3.